The molecule has 2 aromatic heterocycles. The first kappa shape index (κ1) is 27.7. The molecule has 10 nitrogen and oxygen atoms in total. The van der Waals surface area contributed by atoms with E-state index in [0.29, 0.717) is 28.4 Å². The Balaban J connectivity index is 1.60. The van der Waals surface area contributed by atoms with E-state index in [1.807, 2.05) is 0 Å². The molecule has 0 saturated carbocycles. The van der Waals surface area contributed by atoms with Gasteiger partial charge in [0.2, 0.25) is 5.13 Å². The minimum Gasteiger partial charge on any atom is -0.481 e. The normalized spacial score (nSPS) is 11.3. The van der Waals surface area contributed by atoms with Crippen LogP contribution in [0.5, 0.6) is 11.5 Å². The molecule has 0 aliphatic heterocycles. The SMILES string of the molecule is O=C(O)CCNCc1cc(-c2cc(Cl)ccc2Oc2cc(F)c(S(=O)(=O)Nc3ncns3)cc2Cl)ccn1. The molecule has 0 saturated heterocycles. The van der Waals surface area contributed by atoms with Crippen LogP contribution in [0.15, 0.2) is 59.9 Å². The Labute approximate surface area is 230 Å². The fraction of sp³-hybridized carbons (Fsp3) is 0.130. The number of sulfonamides is 1. The van der Waals surface area contributed by atoms with Crippen LogP contribution >= 0.6 is 34.7 Å². The van der Waals surface area contributed by atoms with E-state index >= 15 is 0 Å². The highest BCUT2D eigenvalue weighted by Crippen LogP contribution is 2.39. The van der Waals surface area contributed by atoms with Gasteiger partial charge in [-0.3, -0.25) is 14.5 Å². The molecule has 4 rings (SSSR count). The van der Waals surface area contributed by atoms with Gasteiger partial charge in [-0.25, -0.2) is 17.8 Å². The smallest absolute Gasteiger partial charge is 0.304 e. The molecule has 0 amide bonds. The van der Waals surface area contributed by atoms with Crippen molar-refractivity contribution in [3.8, 4) is 22.6 Å². The Morgan fingerprint density at radius 2 is 1.92 bits per heavy atom. The Hall–Kier alpha value is -3.36. The number of hydrogen-bond acceptors (Lipinski definition) is 9. The first-order chi connectivity index (χ1) is 18.1. The molecule has 0 spiro atoms. The number of halogens is 3. The molecule has 4 aromatic rings. The maximum absolute atomic E-state index is 14.9. The fourth-order valence-electron chi connectivity index (χ4n) is 3.27. The summed E-state index contributed by atoms with van der Waals surface area (Å²) in [5.74, 6) is -1.84. The number of pyridine rings is 1. The van der Waals surface area contributed by atoms with Crippen molar-refractivity contribution in [2.45, 2.75) is 17.9 Å². The summed E-state index contributed by atoms with van der Waals surface area (Å²) in [6, 6.07) is 10.1. The van der Waals surface area contributed by atoms with Crippen LogP contribution in [-0.4, -0.2) is 40.4 Å². The molecule has 2 heterocycles. The van der Waals surface area contributed by atoms with Gasteiger partial charge in [0.15, 0.2) is 0 Å². The molecular formula is C23H18Cl2FN5O5S2. The van der Waals surface area contributed by atoms with Crippen LogP contribution in [0.4, 0.5) is 9.52 Å². The molecule has 3 N–H and O–H groups in total. The summed E-state index contributed by atoms with van der Waals surface area (Å²) in [6.07, 6.45) is 2.71. The maximum Gasteiger partial charge on any atom is 0.304 e. The summed E-state index contributed by atoms with van der Waals surface area (Å²) in [4.78, 5) is 18.0. The van der Waals surface area contributed by atoms with Gasteiger partial charge in [-0.15, -0.1) is 0 Å². The highest BCUT2D eigenvalue weighted by Gasteiger charge is 2.24. The Morgan fingerprint density at radius 1 is 1.11 bits per heavy atom. The van der Waals surface area contributed by atoms with Crippen LogP contribution in [0.2, 0.25) is 10.0 Å². The Kier molecular flexibility index (Phi) is 8.74. The van der Waals surface area contributed by atoms with Crippen molar-refractivity contribution in [1.82, 2.24) is 19.7 Å². The molecule has 0 atom stereocenters. The summed E-state index contributed by atoms with van der Waals surface area (Å²) in [5.41, 5.74) is 1.85. The van der Waals surface area contributed by atoms with Crippen LogP contribution in [0, 0.1) is 5.82 Å². The second-order valence-electron chi connectivity index (χ2n) is 7.66. The van der Waals surface area contributed by atoms with Crippen LogP contribution in [0.3, 0.4) is 0 Å². The largest absolute Gasteiger partial charge is 0.481 e. The van der Waals surface area contributed by atoms with Gasteiger partial charge in [0.25, 0.3) is 10.0 Å². The van der Waals surface area contributed by atoms with Gasteiger partial charge in [0.1, 0.15) is 28.5 Å². The number of aliphatic carboxylic acids is 1. The van der Waals surface area contributed by atoms with Crippen molar-refractivity contribution in [2.24, 2.45) is 0 Å². The minimum absolute atomic E-state index is 0.0262. The molecular weight excluding hydrogens is 580 g/mol. The third-order valence-corrected chi connectivity index (χ3v) is 7.56. The number of benzene rings is 2. The summed E-state index contributed by atoms with van der Waals surface area (Å²) in [7, 11) is -4.32. The lowest BCUT2D eigenvalue weighted by Gasteiger charge is -2.15. The summed E-state index contributed by atoms with van der Waals surface area (Å²) in [6.45, 7) is 0.606. The van der Waals surface area contributed by atoms with Gasteiger partial charge < -0.3 is 15.2 Å². The van der Waals surface area contributed by atoms with Crippen molar-refractivity contribution in [3.05, 3.63) is 76.5 Å². The van der Waals surface area contributed by atoms with Crippen molar-refractivity contribution < 1.29 is 27.4 Å². The van der Waals surface area contributed by atoms with E-state index in [-0.39, 0.29) is 34.6 Å². The Bertz CT molecular complexity index is 1570. The molecule has 0 fully saturated rings. The number of aromatic nitrogens is 3. The first-order valence-electron chi connectivity index (χ1n) is 10.8. The molecule has 2 aromatic carbocycles. The number of carbonyl (C=O) groups is 1. The number of nitrogens with one attached hydrogen (secondary N) is 2. The van der Waals surface area contributed by atoms with E-state index in [1.54, 1.807) is 36.5 Å². The van der Waals surface area contributed by atoms with Gasteiger partial charge in [-0.1, -0.05) is 23.2 Å². The van der Waals surface area contributed by atoms with E-state index < -0.39 is 26.7 Å². The maximum atomic E-state index is 14.9. The monoisotopic (exact) mass is 597 g/mol. The number of hydrogen-bond donors (Lipinski definition) is 3. The minimum atomic E-state index is -4.32. The third kappa shape index (κ3) is 6.94. The fourth-order valence-corrected chi connectivity index (χ4v) is 5.46. The molecule has 198 valence electrons. The molecule has 0 aliphatic rings. The topological polar surface area (TPSA) is 143 Å². The molecule has 0 bridgehead atoms. The van der Waals surface area contributed by atoms with Crippen molar-refractivity contribution in [3.63, 3.8) is 0 Å². The van der Waals surface area contributed by atoms with Gasteiger partial charge in [-0.2, -0.15) is 4.37 Å². The first-order valence-corrected chi connectivity index (χ1v) is 13.8. The summed E-state index contributed by atoms with van der Waals surface area (Å²) < 4.78 is 51.9. The number of ether oxygens (including phenoxy) is 1. The molecule has 15 heteroatoms. The second-order valence-corrected chi connectivity index (χ2v) is 10.9. The average molecular weight is 598 g/mol. The van der Waals surface area contributed by atoms with Crippen molar-refractivity contribution >= 4 is 55.9 Å². The molecule has 0 unspecified atom stereocenters. The van der Waals surface area contributed by atoms with Crippen molar-refractivity contribution in [2.75, 3.05) is 11.3 Å². The summed E-state index contributed by atoms with van der Waals surface area (Å²) in [5, 5.41) is 12.0. The quantitative estimate of drug-likeness (QED) is 0.198. The van der Waals surface area contributed by atoms with Gasteiger partial charge in [0.05, 0.1) is 17.1 Å². The van der Waals surface area contributed by atoms with Crippen LogP contribution in [0.25, 0.3) is 11.1 Å². The lowest BCUT2D eigenvalue weighted by molar-refractivity contribution is -0.136. The van der Waals surface area contributed by atoms with E-state index in [4.69, 9.17) is 33.0 Å². The number of carboxylic acids is 1. The van der Waals surface area contributed by atoms with Gasteiger partial charge >= 0.3 is 5.97 Å². The van der Waals surface area contributed by atoms with E-state index in [1.165, 1.54) is 0 Å². The predicted molar refractivity (Wildman–Crippen MR) is 141 cm³/mol. The summed E-state index contributed by atoms with van der Waals surface area (Å²) >= 11 is 13.3. The number of rotatable bonds is 11. The van der Waals surface area contributed by atoms with Crippen LogP contribution in [-0.2, 0) is 21.4 Å². The number of carboxylic acid groups (broad SMARTS) is 1. The zero-order valence-electron chi connectivity index (χ0n) is 19.2. The standard InChI is InChI=1S/C23H18Cl2FN5O5S2/c24-14-1-2-19(16(8-14)13-3-6-28-15(7-13)11-27-5-4-22(32)33)36-20-10-18(26)21(9-17(20)25)38(34,35)31-23-29-12-30-37-23/h1-3,6-10,12,27H,4-5,11H2,(H,32,33)(H,29,30,31). The zero-order chi connectivity index (χ0) is 27.3. The third-order valence-electron chi connectivity index (χ3n) is 4.97. The van der Waals surface area contributed by atoms with E-state index in [9.17, 15) is 17.6 Å². The average Bonchev–Trinajstić information content (AvgIpc) is 3.37. The predicted octanol–water partition coefficient (Wildman–Crippen LogP) is 5.20. The van der Waals surface area contributed by atoms with Gasteiger partial charge in [-0.05, 0) is 42.0 Å². The zero-order valence-corrected chi connectivity index (χ0v) is 22.3. The molecule has 38 heavy (non-hydrogen) atoms. The highest BCUT2D eigenvalue weighted by molar-refractivity contribution is 7.93. The van der Waals surface area contributed by atoms with E-state index in [2.05, 4.69) is 24.4 Å². The van der Waals surface area contributed by atoms with Crippen molar-refractivity contribution in [1.29, 1.82) is 0 Å². The van der Waals surface area contributed by atoms with E-state index in [0.717, 1.165) is 30.0 Å². The van der Waals surface area contributed by atoms with Crippen LogP contribution in [0.1, 0.15) is 12.1 Å². The van der Waals surface area contributed by atoms with Crippen LogP contribution < -0.4 is 14.8 Å². The Morgan fingerprint density at radius 3 is 2.66 bits per heavy atom. The molecule has 0 radical (unpaired) electrons. The highest BCUT2D eigenvalue weighted by atomic mass is 35.5. The second kappa shape index (κ2) is 12.0. The number of anilines is 1. The van der Waals surface area contributed by atoms with Gasteiger partial charge in [0, 0.05) is 47.5 Å². The lowest BCUT2D eigenvalue weighted by Crippen LogP contribution is -2.18. The number of nitrogens with zero attached hydrogens (tertiary/aromatic N) is 3. The lowest BCUT2D eigenvalue weighted by atomic mass is 10.0. The molecule has 0 aliphatic carbocycles.